The molecule has 0 N–H and O–H groups in total. The van der Waals surface area contributed by atoms with Gasteiger partial charge in [0.2, 0.25) is 0 Å². The van der Waals surface area contributed by atoms with Crippen LogP contribution in [0.4, 0.5) is 0 Å². The quantitative estimate of drug-likeness (QED) is 0.639. The SMILES string of the molecule is CCCCC(C)OS(=O)(=O)Cl. The number of hydrogen-bond acceptors (Lipinski definition) is 3. The largest absolute Gasteiger partial charge is 0.355 e. The highest BCUT2D eigenvalue weighted by molar-refractivity contribution is 8.10. The summed E-state index contributed by atoms with van der Waals surface area (Å²) in [5, 5.41) is 0. The smallest absolute Gasteiger partial charge is 0.255 e. The summed E-state index contributed by atoms with van der Waals surface area (Å²) in [4.78, 5) is 0. The molecule has 0 saturated carbocycles. The summed E-state index contributed by atoms with van der Waals surface area (Å²) in [6.07, 6.45) is 2.39. The molecular formula is C6H13ClO3S. The van der Waals surface area contributed by atoms with Crippen LogP contribution in [0.1, 0.15) is 33.1 Å². The molecule has 3 nitrogen and oxygen atoms in total. The Balaban J connectivity index is 3.61. The molecule has 0 aliphatic rings. The minimum absolute atomic E-state index is 0.308. The second kappa shape index (κ2) is 4.95. The van der Waals surface area contributed by atoms with E-state index in [1.165, 1.54) is 0 Å². The summed E-state index contributed by atoms with van der Waals surface area (Å²) in [6, 6.07) is 0. The third-order valence-electron chi connectivity index (χ3n) is 1.24. The number of unbranched alkanes of at least 4 members (excludes halogenated alkanes) is 1. The lowest BCUT2D eigenvalue weighted by Gasteiger charge is -2.07. The molecule has 1 atom stereocenters. The molecule has 0 rings (SSSR count). The van der Waals surface area contributed by atoms with Crippen LogP contribution in [0, 0.1) is 0 Å². The fourth-order valence-corrected chi connectivity index (χ4v) is 1.60. The predicted octanol–water partition coefficient (Wildman–Crippen LogP) is 2.07. The predicted molar refractivity (Wildman–Crippen MR) is 44.8 cm³/mol. The standard InChI is InChI=1S/C6H13ClO3S/c1-3-4-5-6(2)10-11(7,8)9/h6H,3-5H2,1-2H3. The van der Waals surface area contributed by atoms with Gasteiger partial charge in [-0.05, 0) is 13.3 Å². The maximum atomic E-state index is 10.3. The molecule has 0 aromatic carbocycles. The Morgan fingerprint density at radius 3 is 2.45 bits per heavy atom. The average Bonchev–Trinajstić information content (AvgIpc) is 1.79. The van der Waals surface area contributed by atoms with Crippen LogP contribution < -0.4 is 0 Å². The lowest BCUT2D eigenvalue weighted by atomic mass is 10.2. The van der Waals surface area contributed by atoms with Gasteiger partial charge in [-0.15, -0.1) is 0 Å². The van der Waals surface area contributed by atoms with E-state index in [1.807, 2.05) is 6.92 Å². The summed E-state index contributed by atoms with van der Waals surface area (Å²) in [5.41, 5.74) is 0. The molecule has 68 valence electrons. The van der Waals surface area contributed by atoms with Gasteiger partial charge in [0.05, 0.1) is 6.10 Å². The molecule has 11 heavy (non-hydrogen) atoms. The average molecular weight is 201 g/mol. The Morgan fingerprint density at radius 2 is 2.09 bits per heavy atom. The van der Waals surface area contributed by atoms with Crippen LogP contribution in [0.15, 0.2) is 0 Å². The highest BCUT2D eigenvalue weighted by Crippen LogP contribution is 2.09. The van der Waals surface area contributed by atoms with Crippen LogP contribution in [0.5, 0.6) is 0 Å². The third kappa shape index (κ3) is 8.10. The van der Waals surface area contributed by atoms with Gasteiger partial charge in [0, 0.05) is 10.7 Å². The van der Waals surface area contributed by atoms with Gasteiger partial charge in [0.25, 0.3) is 0 Å². The summed E-state index contributed by atoms with van der Waals surface area (Å²) in [5.74, 6) is 0. The van der Waals surface area contributed by atoms with E-state index in [0.29, 0.717) is 0 Å². The maximum Gasteiger partial charge on any atom is 0.355 e. The number of hydrogen-bond donors (Lipinski definition) is 0. The zero-order chi connectivity index (χ0) is 8.91. The highest BCUT2D eigenvalue weighted by atomic mass is 35.7. The Kier molecular flexibility index (Phi) is 5.04. The zero-order valence-electron chi connectivity index (χ0n) is 6.71. The molecule has 0 aromatic heterocycles. The van der Waals surface area contributed by atoms with E-state index in [9.17, 15) is 8.42 Å². The van der Waals surface area contributed by atoms with Gasteiger partial charge in [-0.25, -0.2) is 0 Å². The minimum atomic E-state index is -3.78. The van der Waals surface area contributed by atoms with Gasteiger partial charge in [-0.2, -0.15) is 8.42 Å². The molecule has 0 amide bonds. The van der Waals surface area contributed by atoms with Crippen LogP contribution in [-0.4, -0.2) is 14.5 Å². The number of rotatable bonds is 5. The van der Waals surface area contributed by atoms with E-state index in [1.54, 1.807) is 6.92 Å². The fourth-order valence-electron chi connectivity index (χ4n) is 0.736. The van der Waals surface area contributed by atoms with Crippen LogP contribution >= 0.6 is 10.7 Å². The van der Waals surface area contributed by atoms with E-state index in [-0.39, 0.29) is 6.10 Å². The van der Waals surface area contributed by atoms with Crippen LogP contribution in [-0.2, 0) is 13.5 Å². The van der Waals surface area contributed by atoms with Gasteiger partial charge in [0.1, 0.15) is 0 Å². The topological polar surface area (TPSA) is 43.4 Å². The molecule has 0 aromatic rings. The Labute approximate surface area is 72.3 Å². The molecule has 0 bridgehead atoms. The summed E-state index contributed by atoms with van der Waals surface area (Å²) in [7, 11) is 1.08. The van der Waals surface area contributed by atoms with Crippen molar-refractivity contribution in [1.82, 2.24) is 0 Å². The van der Waals surface area contributed by atoms with E-state index >= 15 is 0 Å². The van der Waals surface area contributed by atoms with Crippen molar-refractivity contribution in [2.75, 3.05) is 0 Å². The zero-order valence-corrected chi connectivity index (χ0v) is 8.28. The molecule has 0 heterocycles. The third-order valence-corrected chi connectivity index (χ3v) is 2.02. The second-order valence-electron chi connectivity index (χ2n) is 2.44. The van der Waals surface area contributed by atoms with Crippen molar-refractivity contribution in [2.24, 2.45) is 0 Å². The first kappa shape index (κ1) is 11.2. The van der Waals surface area contributed by atoms with Crippen molar-refractivity contribution in [3.63, 3.8) is 0 Å². The molecule has 1 unspecified atom stereocenters. The number of halogens is 1. The Bertz CT molecular complexity index is 188. The van der Waals surface area contributed by atoms with Crippen LogP contribution in [0.25, 0.3) is 0 Å². The van der Waals surface area contributed by atoms with Crippen LogP contribution in [0.2, 0.25) is 0 Å². The van der Waals surface area contributed by atoms with E-state index in [2.05, 4.69) is 4.18 Å². The van der Waals surface area contributed by atoms with Gasteiger partial charge in [0.15, 0.2) is 0 Å². The highest BCUT2D eigenvalue weighted by Gasteiger charge is 2.11. The molecule has 0 spiro atoms. The fraction of sp³-hybridized carbons (Fsp3) is 1.00. The summed E-state index contributed by atoms with van der Waals surface area (Å²) >= 11 is 0. The molecular weight excluding hydrogens is 188 g/mol. The van der Waals surface area contributed by atoms with Crippen molar-refractivity contribution in [1.29, 1.82) is 0 Å². The molecule has 0 fully saturated rings. The van der Waals surface area contributed by atoms with Crippen molar-refractivity contribution >= 4 is 20.0 Å². The van der Waals surface area contributed by atoms with Crippen molar-refractivity contribution in [3.8, 4) is 0 Å². The lowest BCUT2D eigenvalue weighted by Crippen LogP contribution is -2.10. The molecule has 5 heteroatoms. The van der Waals surface area contributed by atoms with E-state index in [0.717, 1.165) is 19.3 Å². The summed E-state index contributed by atoms with van der Waals surface area (Å²) in [6.45, 7) is 3.72. The first-order valence-corrected chi connectivity index (χ1v) is 5.82. The first-order valence-electron chi connectivity index (χ1n) is 3.58. The molecule has 0 aliphatic carbocycles. The summed E-state index contributed by atoms with van der Waals surface area (Å²) < 4.78 is 25.2. The van der Waals surface area contributed by atoms with Crippen molar-refractivity contribution in [3.05, 3.63) is 0 Å². The maximum absolute atomic E-state index is 10.3. The van der Waals surface area contributed by atoms with E-state index in [4.69, 9.17) is 10.7 Å². The Hall–Kier alpha value is 0.200. The normalized spacial score (nSPS) is 14.8. The van der Waals surface area contributed by atoms with Gasteiger partial charge in [-0.3, -0.25) is 4.18 Å². The Morgan fingerprint density at radius 1 is 1.55 bits per heavy atom. The lowest BCUT2D eigenvalue weighted by molar-refractivity contribution is 0.221. The van der Waals surface area contributed by atoms with Crippen molar-refractivity contribution in [2.45, 2.75) is 39.2 Å². The minimum Gasteiger partial charge on any atom is -0.255 e. The van der Waals surface area contributed by atoms with E-state index < -0.39 is 9.33 Å². The van der Waals surface area contributed by atoms with Gasteiger partial charge < -0.3 is 0 Å². The van der Waals surface area contributed by atoms with Crippen LogP contribution in [0.3, 0.4) is 0 Å². The van der Waals surface area contributed by atoms with Gasteiger partial charge in [-0.1, -0.05) is 19.8 Å². The van der Waals surface area contributed by atoms with Gasteiger partial charge >= 0.3 is 9.33 Å². The second-order valence-corrected chi connectivity index (χ2v) is 4.55. The monoisotopic (exact) mass is 200 g/mol. The van der Waals surface area contributed by atoms with Crippen molar-refractivity contribution < 1.29 is 12.6 Å². The molecule has 0 saturated heterocycles. The molecule has 0 radical (unpaired) electrons. The first-order chi connectivity index (χ1) is 4.95. The molecule has 0 aliphatic heterocycles.